The number of hydrogen-bond acceptors (Lipinski definition) is 5. The summed E-state index contributed by atoms with van der Waals surface area (Å²) in [5, 5.41) is 2.88. The van der Waals surface area contributed by atoms with E-state index in [1.54, 1.807) is 0 Å². The first-order valence-electron chi connectivity index (χ1n) is 9.74. The minimum absolute atomic E-state index is 0.125. The molecule has 1 saturated heterocycles. The van der Waals surface area contributed by atoms with Crippen LogP contribution in [0, 0.1) is 12.8 Å². The number of nitrogens with zero attached hydrogens (tertiary/aromatic N) is 1. The number of para-hydroxylation sites is 1. The third-order valence-corrected chi connectivity index (χ3v) is 6.41. The van der Waals surface area contributed by atoms with E-state index in [1.807, 2.05) is 25.1 Å². The van der Waals surface area contributed by atoms with Crippen molar-refractivity contribution in [3.05, 3.63) is 29.3 Å². The van der Waals surface area contributed by atoms with Gasteiger partial charge >= 0.3 is 5.97 Å². The number of benzene rings is 1. The molecule has 1 aromatic rings. The van der Waals surface area contributed by atoms with Crippen molar-refractivity contribution in [2.45, 2.75) is 46.5 Å². The van der Waals surface area contributed by atoms with Gasteiger partial charge in [-0.1, -0.05) is 63.0 Å². The molecule has 154 valence electrons. The number of piperidine rings is 1. The van der Waals surface area contributed by atoms with Crippen LogP contribution in [0.25, 0.3) is 0 Å². The molecule has 1 aromatic carbocycles. The maximum absolute atomic E-state index is 12.2. The van der Waals surface area contributed by atoms with Crippen LogP contribution in [0.3, 0.4) is 0 Å². The topological polar surface area (TPSA) is 58.6 Å². The van der Waals surface area contributed by atoms with Gasteiger partial charge in [0.05, 0.1) is 5.75 Å². The van der Waals surface area contributed by atoms with Crippen LogP contribution in [0.2, 0.25) is 0 Å². The summed E-state index contributed by atoms with van der Waals surface area (Å²) in [6.07, 6.45) is 2.26. The number of nitrogens with one attached hydrogen (secondary N) is 1. The van der Waals surface area contributed by atoms with E-state index in [9.17, 15) is 9.59 Å². The lowest BCUT2D eigenvalue weighted by atomic mass is 9.98. The largest absolute Gasteiger partial charge is 0.455 e. The van der Waals surface area contributed by atoms with Crippen LogP contribution in [-0.4, -0.2) is 46.5 Å². The van der Waals surface area contributed by atoms with Crippen LogP contribution in [0.4, 0.5) is 5.69 Å². The second-order valence-corrected chi connectivity index (χ2v) is 9.24. The Bertz CT molecular complexity index is 714. The maximum Gasteiger partial charge on any atom is 0.316 e. The number of aryl methyl sites for hydroxylation is 1. The monoisotopic (exact) mass is 422 g/mol. The van der Waals surface area contributed by atoms with Crippen molar-refractivity contribution >= 4 is 45.9 Å². The fourth-order valence-electron chi connectivity index (χ4n) is 3.11. The molecule has 0 unspecified atom stereocenters. The van der Waals surface area contributed by atoms with E-state index in [-0.39, 0.29) is 24.2 Å². The van der Waals surface area contributed by atoms with Gasteiger partial charge in [-0.3, -0.25) is 9.59 Å². The van der Waals surface area contributed by atoms with Gasteiger partial charge in [-0.15, -0.1) is 0 Å². The number of likely N-dealkylation sites (tertiary alicyclic amines) is 1. The minimum Gasteiger partial charge on any atom is -0.455 e. The van der Waals surface area contributed by atoms with Gasteiger partial charge in [0.1, 0.15) is 4.32 Å². The highest BCUT2D eigenvalue weighted by molar-refractivity contribution is 8.23. The zero-order valence-corrected chi connectivity index (χ0v) is 18.8. The highest BCUT2D eigenvalue weighted by Crippen LogP contribution is 2.27. The second kappa shape index (κ2) is 10.8. The number of amides is 1. The molecule has 0 radical (unpaired) electrons. The van der Waals surface area contributed by atoms with E-state index < -0.39 is 5.97 Å². The third kappa shape index (κ3) is 6.78. The average Bonchev–Trinajstić information content (AvgIpc) is 2.66. The molecule has 0 bridgehead atoms. The summed E-state index contributed by atoms with van der Waals surface area (Å²) in [6, 6.07) is 5.92. The number of carbonyl (C=O) groups is 2. The van der Waals surface area contributed by atoms with Crippen LogP contribution in [0.15, 0.2) is 18.2 Å². The van der Waals surface area contributed by atoms with Crippen molar-refractivity contribution in [3.63, 3.8) is 0 Å². The summed E-state index contributed by atoms with van der Waals surface area (Å²) in [5.74, 6) is 0.383. The molecule has 28 heavy (non-hydrogen) atoms. The van der Waals surface area contributed by atoms with Crippen molar-refractivity contribution in [2.24, 2.45) is 5.92 Å². The highest BCUT2D eigenvalue weighted by Gasteiger charge is 2.19. The smallest absolute Gasteiger partial charge is 0.316 e. The highest BCUT2D eigenvalue weighted by atomic mass is 32.2. The van der Waals surface area contributed by atoms with Crippen molar-refractivity contribution in [1.29, 1.82) is 0 Å². The SMILES string of the molecule is Cc1cccc(C(C)C)c1NC(=O)COC(=O)CSC(=S)N1CCC(C)CC1. The summed E-state index contributed by atoms with van der Waals surface area (Å²) < 4.78 is 5.85. The molecule has 0 saturated carbocycles. The van der Waals surface area contributed by atoms with Gasteiger partial charge in [0.2, 0.25) is 0 Å². The van der Waals surface area contributed by atoms with Crippen molar-refractivity contribution < 1.29 is 14.3 Å². The van der Waals surface area contributed by atoms with Crippen molar-refractivity contribution in [3.8, 4) is 0 Å². The Kier molecular flexibility index (Phi) is 8.76. The Morgan fingerprint density at radius 3 is 2.64 bits per heavy atom. The van der Waals surface area contributed by atoms with Gasteiger partial charge in [0, 0.05) is 18.8 Å². The molecule has 1 amide bonds. The summed E-state index contributed by atoms with van der Waals surface area (Å²) in [6.45, 7) is 9.95. The summed E-state index contributed by atoms with van der Waals surface area (Å²) in [7, 11) is 0. The summed E-state index contributed by atoms with van der Waals surface area (Å²) >= 11 is 6.72. The first-order chi connectivity index (χ1) is 13.3. The fraction of sp³-hybridized carbons (Fsp3) is 0.571. The normalized spacial score (nSPS) is 14.8. The van der Waals surface area contributed by atoms with E-state index in [0.29, 0.717) is 0 Å². The summed E-state index contributed by atoms with van der Waals surface area (Å²) in [5.41, 5.74) is 2.85. The number of anilines is 1. The molecule has 5 nitrogen and oxygen atoms in total. The Morgan fingerprint density at radius 1 is 1.32 bits per heavy atom. The van der Waals surface area contributed by atoms with Crippen LogP contribution in [-0.2, 0) is 14.3 Å². The van der Waals surface area contributed by atoms with E-state index in [1.165, 1.54) is 11.8 Å². The fourth-order valence-corrected chi connectivity index (χ4v) is 4.16. The maximum atomic E-state index is 12.2. The zero-order chi connectivity index (χ0) is 20.7. The van der Waals surface area contributed by atoms with Gasteiger partial charge in [-0.25, -0.2) is 0 Å². The molecule has 7 heteroatoms. The predicted molar refractivity (Wildman–Crippen MR) is 120 cm³/mol. The molecular weight excluding hydrogens is 392 g/mol. The molecule has 1 aliphatic heterocycles. The lowest BCUT2D eigenvalue weighted by Gasteiger charge is -2.31. The molecule has 0 aliphatic carbocycles. The molecule has 1 fully saturated rings. The molecule has 1 heterocycles. The lowest BCUT2D eigenvalue weighted by molar-refractivity contribution is -0.144. The number of thioether (sulfide) groups is 1. The van der Waals surface area contributed by atoms with E-state index >= 15 is 0 Å². The molecule has 0 aromatic heterocycles. The third-order valence-electron chi connectivity index (χ3n) is 4.91. The number of ether oxygens (including phenoxy) is 1. The molecular formula is C21H30N2O3S2. The van der Waals surface area contributed by atoms with Gasteiger partial charge < -0.3 is 15.0 Å². The van der Waals surface area contributed by atoms with E-state index in [2.05, 4.69) is 31.0 Å². The Balaban J connectivity index is 1.76. The minimum atomic E-state index is -0.429. The quantitative estimate of drug-likeness (QED) is 0.543. The first-order valence-corrected chi connectivity index (χ1v) is 11.1. The number of rotatable bonds is 6. The Hall–Kier alpha value is -1.60. The van der Waals surface area contributed by atoms with Gasteiger partial charge in [0.15, 0.2) is 6.61 Å². The van der Waals surface area contributed by atoms with Gasteiger partial charge in [0.25, 0.3) is 5.91 Å². The number of carbonyl (C=O) groups excluding carboxylic acids is 2. The average molecular weight is 423 g/mol. The van der Waals surface area contributed by atoms with Crippen LogP contribution in [0.5, 0.6) is 0 Å². The molecule has 1 aliphatic rings. The standard InChI is InChI=1S/C21H30N2O3S2/c1-14(2)17-7-5-6-16(4)20(17)22-18(24)12-26-19(25)13-28-21(27)23-10-8-15(3)9-11-23/h5-7,14-15H,8-13H2,1-4H3,(H,22,24). The van der Waals surface area contributed by atoms with Crippen LogP contribution in [0.1, 0.15) is 50.7 Å². The second-order valence-electron chi connectivity index (χ2n) is 7.63. The van der Waals surface area contributed by atoms with Crippen molar-refractivity contribution in [1.82, 2.24) is 4.90 Å². The van der Waals surface area contributed by atoms with Crippen LogP contribution >= 0.6 is 24.0 Å². The van der Waals surface area contributed by atoms with Gasteiger partial charge in [-0.2, -0.15) is 0 Å². The Labute approximate surface area is 177 Å². The van der Waals surface area contributed by atoms with Gasteiger partial charge in [-0.05, 0) is 42.7 Å². The van der Waals surface area contributed by atoms with Crippen molar-refractivity contribution in [2.75, 3.05) is 30.8 Å². The summed E-state index contributed by atoms with van der Waals surface area (Å²) in [4.78, 5) is 26.4. The molecule has 2 rings (SSSR count). The zero-order valence-electron chi connectivity index (χ0n) is 17.1. The molecule has 0 atom stereocenters. The first kappa shape index (κ1) is 22.7. The number of hydrogen-bond donors (Lipinski definition) is 1. The number of esters is 1. The number of thiocarbonyl (C=S) groups is 1. The Morgan fingerprint density at radius 2 is 2.00 bits per heavy atom. The molecule has 1 N–H and O–H groups in total. The molecule has 0 spiro atoms. The van der Waals surface area contributed by atoms with E-state index in [4.69, 9.17) is 17.0 Å². The van der Waals surface area contributed by atoms with E-state index in [0.717, 1.165) is 53.0 Å². The predicted octanol–water partition coefficient (Wildman–Crippen LogP) is 4.35. The van der Waals surface area contributed by atoms with Crippen LogP contribution < -0.4 is 5.32 Å². The lowest BCUT2D eigenvalue weighted by Crippen LogP contribution is -2.36.